The van der Waals surface area contributed by atoms with Crippen LogP contribution in [0.1, 0.15) is 39.0 Å². The van der Waals surface area contributed by atoms with E-state index in [0.717, 1.165) is 0 Å². The summed E-state index contributed by atoms with van der Waals surface area (Å²) in [6.07, 6.45) is 6.64. The Morgan fingerprint density at radius 3 is 2.15 bits per heavy atom. The highest BCUT2D eigenvalue weighted by Crippen LogP contribution is 2.21. The van der Waals surface area contributed by atoms with Crippen LogP contribution in [0.2, 0.25) is 0 Å². The third kappa shape index (κ3) is 3.65. The van der Waals surface area contributed by atoms with Crippen molar-refractivity contribution in [1.82, 2.24) is 5.32 Å². The first-order chi connectivity index (χ1) is 6.20. The number of hydrogen-bond donors (Lipinski definition) is 1. The monoisotopic (exact) mass is 223 g/mol. The van der Waals surface area contributed by atoms with Crippen molar-refractivity contribution in [3.63, 3.8) is 0 Å². The fourth-order valence-corrected chi connectivity index (χ4v) is 2.29. The minimum atomic E-state index is -0.0783. The molecule has 78 valence electrons. The molecule has 1 aliphatic rings. The van der Waals surface area contributed by atoms with Gasteiger partial charge in [0.15, 0.2) is 0 Å². The quantitative estimate of drug-likeness (QED) is 0.723. The lowest BCUT2D eigenvalue weighted by Gasteiger charge is -2.33. The molecule has 13 heavy (non-hydrogen) atoms. The molecule has 0 amide bonds. The van der Waals surface area contributed by atoms with Crippen molar-refractivity contribution in [3.8, 4) is 0 Å². The fourth-order valence-electron chi connectivity index (χ4n) is 1.85. The highest BCUT2D eigenvalue weighted by atomic mass is 35.5. The Morgan fingerprint density at radius 2 is 1.69 bits per heavy atom. The molecule has 1 saturated carbocycles. The molecule has 0 aliphatic heterocycles. The second kappa shape index (κ2) is 5.43. The summed E-state index contributed by atoms with van der Waals surface area (Å²) >= 11 is 11.8. The number of rotatable bonds is 4. The molecule has 1 fully saturated rings. The van der Waals surface area contributed by atoms with E-state index in [4.69, 9.17) is 23.2 Å². The molecule has 0 aromatic heterocycles. The van der Waals surface area contributed by atoms with E-state index in [9.17, 15) is 0 Å². The second-order valence-corrected chi connectivity index (χ2v) is 4.84. The normalized spacial score (nSPS) is 20.5. The third-order valence-electron chi connectivity index (χ3n) is 2.75. The van der Waals surface area contributed by atoms with Crippen molar-refractivity contribution in [2.24, 2.45) is 0 Å². The summed E-state index contributed by atoms with van der Waals surface area (Å²) < 4.78 is 0. The average molecular weight is 224 g/mol. The average Bonchev–Trinajstić information content (AvgIpc) is 2.19. The van der Waals surface area contributed by atoms with Crippen LogP contribution in [0.5, 0.6) is 0 Å². The molecule has 0 radical (unpaired) electrons. The Labute approximate surface area is 91.2 Å². The molecule has 0 bridgehead atoms. The Balaban J connectivity index is 2.35. The predicted molar refractivity (Wildman–Crippen MR) is 59.9 cm³/mol. The Bertz CT molecular complexity index is 140. The molecule has 0 aromatic rings. The zero-order chi connectivity index (χ0) is 9.73. The molecule has 0 spiro atoms. The van der Waals surface area contributed by atoms with Crippen molar-refractivity contribution in [2.75, 3.05) is 11.8 Å². The number of alkyl halides is 2. The van der Waals surface area contributed by atoms with Crippen LogP contribution in [0, 0.1) is 0 Å². The predicted octanol–water partition coefficient (Wildman–Crippen LogP) is 3.15. The van der Waals surface area contributed by atoms with Crippen LogP contribution in [0.15, 0.2) is 0 Å². The maximum atomic E-state index is 5.88. The van der Waals surface area contributed by atoms with Gasteiger partial charge in [0.05, 0.1) is 0 Å². The molecule has 0 saturated heterocycles. The van der Waals surface area contributed by atoms with Gasteiger partial charge in [-0.25, -0.2) is 0 Å². The van der Waals surface area contributed by atoms with E-state index in [-0.39, 0.29) is 5.54 Å². The lowest BCUT2D eigenvalue weighted by molar-refractivity contribution is 0.300. The van der Waals surface area contributed by atoms with Gasteiger partial charge in [-0.2, -0.15) is 0 Å². The molecule has 1 N–H and O–H groups in total. The lowest BCUT2D eigenvalue weighted by atomic mass is 9.93. The minimum Gasteiger partial charge on any atom is -0.306 e. The van der Waals surface area contributed by atoms with E-state index in [2.05, 4.69) is 12.2 Å². The summed E-state index contributed by atoms with van der Waals surface area (Å²) in [4.78, 5) is 0. The standard InChI is InChI=1S/C10H19Cl2N/c1-10(7-11,8-12)13-9-5-3-2-4-6-9/h9,13H,2-8H2,1H3. The van der Waals surface area contributed by atoms with Gasteiger partial charge in [0.1, 0.15) is 0 Å². The van der Waals surface area contributed by atoms with Crippen molar-refractivity contribution in [1.29, 1.82) is 0 Å². The first-order valence-corrected chi connectivity index (χ1v) is 6.17. The zero-order valence-corrected chi connectivity index (χ0v) is 9.79. The molecule has 0 heterocycles. The van der Waals surface area contributed by atoms with E-state index in [1.165, 1.54) is 32.1 Å². The van der Waals surface area contributed by atoms with Crippen LogP contribution in [-0.2, 0) is 0 Å². The summed E-state index contributed by atoms with van der Waals surface area (Å²) in [5.41, 5.74) is -0.0783. The van der Waals surface area contributed by atoms with Crippen LogP contribution >= 0.6 is 23.2 Å². The summed E-state index contributed by atoms with van der Waals surface area (Å²) in [6, 6.07) is 0.635. The van der Waals surface area contributed by atoms with Crippen LogP contribution in [0.3, 0.4) is 0 Å². The SMILES string of the molecule is CC(CCl)(CCl)NC1CCCCC1. The maximum absolute atomic E-state index is 5.88. The van der Waals surface area contributed by atoms with Gasteiger partial charge in [0.2, 0.25) is 0 Å². The van der Waals surface area contributed by atoms with Crippen LogP contribution in [-0.4, -0.2) is 23.3 Å². The van der Waals surface area contributed by atoms with Crippen molar-refractivity contribution < 1.29 is 0 Å². The van der Waals surface area contributed by atoms with Crippen LogP contribution in [0.4, 0.5) is 0 Å². The second-order valence-electron chi connectivity index (χ2n) is 4.31. The van der Waals surface area contributed by atoms with Gasteiger partial charge in [-0.1, -0.05) is 19.3 Å². The van der Waals surface area contributed by atoms with Crippen molar-refractivity contribution in [2.45, 2.75) is 50.6 Å². The van der Waals surface area contributed by atoms with E-state index >= 15 is 0 Å². The molecule has 0 unspecified atom stereocenters. The topological polar surface area (TPSA) is 12.0 Å². The fraction of sp³-hybridized carbons (Fsp3) is 1.00. The molecule has 1 nitrogen and oxygen atoms in total. The van der Waals surface area contributed by atoms with Gasteiger partial charge in [-0.3, -0.25) is 0 Å². The zero-order valence-electron chi connectivity index (χ0n) is 8.28. The molecule has 0 aromatic carbocycles. The highest BCUT2D eigenvalue weighted by Gasteiger charge is 2.26. The van der Waals surface area contributed by atoms with E-state index < -0.39 is 0 Å². The van der Waals surface area contributed by atoms with Gasteiger partial charge in [-0.05, 0) is 19.8 Å². The summed E-state index contributed by atoms with van der Waals surface area (Å²) in [7, 11) is 0. The van der Waals surface area contributed by atoms with Crippen molar-refractivity contribution in [3.05, 3.63) is 0 Å². The minimum absolute atomic E-state index is 0.0783. The molecule has 1 aliphatic carbocycles. The summed E-state index contributed by atoms with van der Waals surface area (Å²) in [5.74, 6) is 1.18. The number of hydrogen-bond acceptors (Lipinski definition) is 1. The number of nitrogens with one attached hydrogen (secondary N) is 1. The van der Waals surface area contributed by atoms with Gasteiger partial charge in [0.25, 0.3) is 0 Å². The van der Waals surface area contributed by atoms with Gasteiger partial charge >= 0.3 is 0 Å². The van der Waals surface area contributed by atoms with Crippen molar-refractivity contribution >= 4 is 23.2 Å². The van der Waals surface area contributed by atoms with Gasteiger partial charge < -0.3 is 5.32 Å². The first-order valence-electron chi connectivity index (χ1n) is 5.10. The van der Waals surface area contributed by atoms with E-state index in [0.29, 0.717) is 17.8 Å². The Kier molecular flexibility index (Phi) is 4.85. The Morgan fingerprint density at radius 1 is 1.15 bits per heavy atom. The highest BCUT2D eigenvalue weighted by molar-refractivity contribution is 6.22. The smallest absolute Gasteiger partial charge is 0.0427 e. The van der Waals surface area contributed by atoms with Gasteiger partial charge in [-0.15, -0.1) is 23.2 Å². The summed E-state index contributed by atoms with van der Waals surface area (Å²) in [6.45, 7) is 2.10. The lowest BCUT2D eigenvalue weighted by Crippen LogP contribution is -2.51. The largest absolute Gasteiger partial charge is 0.306 e. The molecule has 3 heteroatoms. The number of halogens is 2. The Hall–Kier alpha value is 0.540. The van der Waals surface area contributed by atoms with Crippen LogP contribution in [0.25, 0.3) is 0 Å². The van der Waals surface area contributed by atoms with E-state index in [1.807, 2.05) is 0 Å². The van der Waals surface area contributed by atoms with E-state index in [1.54, 1.807) is 0 Å². The maximum Gasteiger partial charge on any atom is 0.0427 e. The van der Waals surface area contributed by atoms with Gasteiger partial charge in [0, 0.05) is 23.3 Å². The molecule has 0 atom stereocenters. The summed E-state index contributed by atoms with van der Waals surface area (Å²) in [5, 5.41) is 3.57. The molecular weight excluding hydrogens is 205 g/mol. The molecule has 1 rings (SSSR count). The third-order valence-corrected chi connectivity index (χ3v) is 3.93. The molecular formula is C10H19Cl2N. The van der Waals surface area contributed by atoms with Crippen LogP contribution < -0.4 is 5.32 Å². The first kappa shape index (κ1) is 11.6.